The number of amides is 3. The molecule has 4 N–H and O–H groups in total. The molecule has 1 unspecified atom stereocenters. The number of benzene rings is 1. The first-order valence-corrected chi connectivity index (χ1v) is 11.7. The van der Waals surface area contributed by atoms with E-state index in [0.29, 0.717) is 31.2 Å². The van der Waals surface area contributed by atoms with Crippen LogP contribution < -0.4 is 10.6 Å². The Morgan fingerprint density at radius 3 is 2.53 bits per heavy atom. The van der Waals surface area contributed by atoms with Gasteiger partial charge in [0.1, 0.15) is 11.6 Å². The largest absolute Gasteiger partial charge is 0.465 e. The van der Waals surface area contributed by atoms with Crippen LogP contribution >= 0.6 is 0 Å². The first-order valence-electron chi connectivity index (χ1n) is 11.7. The number of aromatic amines is 1. The van der Waals surface area contributed by atoms with E-state index in [0.717, 1.165) is 38.0 Å². The molecule has 0 bridgehead atoms. The van der Waals surface area contributed by atoms with Gasteiger partial charge in [-0.3, -0.25) is 10.4 Å². The third-order valence-electron chi connectivity index (χ3n) is 6.02. The third kappa shape index (κ3) is 8.66. The number of nitrogens with zero attached hydrogens (tertiary/aromatic N) is 2. The van der Waals surface area contributed by atoms with Crippen LogP contribution in [0.15, 0.2) is 36.5 Å². The quantitative estimate of drug-likeness (QED) is 0.527. The average Bonchev–Trinajstić information content (AvgIpc) is 3.35. The summed E-state index contributed by atoms with van der Waals surface area (Å²) in [4.78, 5) is 23.8. The number of likely N-dealkylation sites (tertiary alicyclic amines) is 1. The Bertz CT molecular complexity index is 908. The molecule has 1 aromatic carbocycles. The molecule has 1 atom stereocenters. The van der Waals surface area contributed by atoms with Crippen molar-refractivity contribution in [2.24, 2.45) is 5.92 Å². The number of urea groups is 1. The van der Waals surface area contributed by atoms with Crippen LogP contribution in [0, 0.1) is 11.7 Å². The Morgan fingerprint density at radius 2 is 2.00 bits per heavy atom. The minimum absolute atomic E-state index is 0.0775. The summed E-state index contributed by atoms with van der Waals surface area (Å²) < 4.78 is 18.6. The first kappa shape index (κ1) is 25.5. The Kier molecular flexibility index (Phi) is 9.26. The van der Waals surface area contributed by atoms with Crippen LogP contribution in [-0.2, 0) is 11.2 Å². The lowest BCUT2D eigenvalue weighted by atomic mass is 9.98. The van der Waals surface area contributed by atoms with Gasteiger partial charge in [-0.15, -0.1) is 0 Å². The summed E-state index contributed by atoms with van der Waals surface area (Å²) in [6, 6.07) is 8.38. The van der Waals surface area contributed by atoms with Crippen LogP contribution in [-0.4, -0.2) is 64.2 Å². The van der Waals surface area contributed by atoms with Gasteiger partial charge in [0.25, 0.3) is 0 Å². The van der Waals surface area contributed by atoms with E-state index in [2.05, 4.69) is 20.8 Å². The lowest BCUT2D eigenvalue weighted by Gasteiger charge is -2.16. The SMILES string of the molecule is C1CCOC1.CC1(NC(=O)O)CC1.O=C(Nc1ccn[nH]1)N1CCC(Cc2ccccc2F)C1. The summed E-state index contributed by atoms with van der Waals surface area (Å²) in [5, 5.41) is 19.8. The van der Waals surface area contributed by atoms with Gasteiger partial charge in [0, 0.05) is 37.9 Å². The van der Waals surface area contributed by atoms with Crippen molar-refractivity contribution in [2.45, 2.75) is 51.0 Å². The second-order valence-corrected chi connectivity index (χ2v) is 9.11. The molecule has 2 aliphatic heterocycles. The Hall–Kier alpha value is -3.14. The molecular formula is C24H34FN5O4. The fourth-order valence-corrected chi connectivity index (χ4v) is 3.76. The molecule has 2 aromatic rings. The number of rotatable bonds is 4. The zero-order chi connectivity index (χ0) is 24.4. The van der Waals surface area contributed by atoms with Crippen molar-refractivity contribution in [1.29, 1.82) is 0 Å². The average molecular weight is 476 g/mol. The summed E-state index contributed by atoms with van der Waals surface area (Å²) in [7, 11) is 0. The molecule has 0 spiro atoms. The maximum atomic E-state index is 13.6. The van der Waals surface area contributed by atoms with Crippen LogP contribution in [0.2, 0.25) is 0 Å². The fraction of sp³-hybridized carbons (Fsp3) is 0.542. The number of carboxylic acid groups (broad SMARTS) is 1. The molecule has 3 heterocycles. The minimum atomic E-state index is -0.912. The number of hydrogen-bond acceptors (Lipinski definition) is 4. The number of H-pyrrole nitrogens is 1. The number of nitrogens with one attached hydrogen (secondary N) is 3. The summed E-state index contributed by atoms with van der Waals surface area (Å²) in [6.07, 6.45) is 6.76. The molecule has 1 aliphatic carbocycles. The summed E-state index contributed by atoms with van der Waals surface area (Å²) >= 11 is 0. The van der Waals surface area contributed by atoms with Gasteiger partial charge in [0.2, 0.25) is 0 Å². The lowest BCUT2D eigenvalue weighted by molar-refractivity contribution is 0.189. The molecule has 3 aliphatic rings. The molecule has 10 heteroatoms. The summed E-state index contributed by atoms with van der Waals surface area (Å²) in [5.74, 6) is 0.713. The topological polar surface area (TPSA) is 120 Å². The zero-order valence-corrected chi connectivity index (χ0v) is 19.6. The van der Waals surface area contributed by atoms with Crippen LogP contribution in [0.3, 0.4) is 0 Å². The van der Waals surface area contributed by atoms with Crippen molar-refractivity contribution < 1.29 is 23.8 Å². The zero-order valence-electron chi connectivity index (χ0n) is 19.6. The lowest BCUT2D eigenvalue weighted by Crippen LogP contribution is -2.33. The van der Waals surface area contributed by atoms with E-state index in [4.69, 9.17) is 9.84 Å². The number of ether oxygens (including phenoxy) is 1. The molecule has 1 saturated carbocycles. The molecule has 3 amide bonds. The maximum absolute atomic E-state index is 13.6. The van der Waals surface area contributed by atoms with Crippen molar-refractivity contribution in [1.82, 2.24) is 20.4 Å². The molecule has 0 radical (unpaired) electrons. The monoisotopic (exact) mass is 475 g/mol. The van der Waals surface area contributed by atoms with E-state index in [1.54, 1.807) is 23.2 Å². The van der Waals surface area contributed by atoms with Gasteiger partial charge in [-0.05, 0) is 63.0 Å². The highest BCUT2D eigenvalue weighted by Crippen LogP contribution is 2.33. The maximum Gasteiger partial charge on any atom is 0.405 e. The van der Waals surface area contributed by atoms with Crippen molar-refractivity contribution in [3.05, 3.63) is 47.9 Å². The predicted molar refractivity (Wildman–Crippen MR) is 126 cm³/mol. The van der Waals surface area contributed by atoms with Crippen molar-refractivity contribution >= 4 is 17.9 Å². The van der Waals surface area contributed by atoms with Gasteiger partial charge in [0.05, 0.1) is 6.20 Å². The first-order chi connectivity index (χ1) is 16.3. The molecule has 5 rings (SSSR count). The van der Waals surface area contributed by atoms with Gasteiger partial charge in [-0.2, -0.15) is 5.10 Å². The number of hydrogen-bond donors (Lipinski definition) is 4. The molecule has 3 fully saturated rings. The Balaban J connectivity index is 0.000000202. The second kappa shape index (κ2) is 12.4. The van der Waals surface area contributed by atoms with Gasteiger partial charge in [0.15, 0.2) is 0 Å². The Labute approximate surface area is 199 Å². The van der Waals surface area contributed by atoms with Crippen LogP contribution in [0.1, 0.15) is 44.6 Å². The fourth-order valence-electron chi connectivity index (χ4n) is 3.76. The molecular weight excluding hydrogens is 441 g/mol. The molecule has 2 saturated heterocycles. The highest BCUT2D eigenvalue weighted by atomic mass is 19.1. The predicted octanol–water partition coefficient (Wildman–Crippen LogP) is 4.25. The third-order valence-corrected chi connectivity index (χ3v) is 6.02. The molecule has 34 heavy (non-hydrogen) atoms. The van der Waals surface area contributed by atoms with E-state index in [1.165, 1.54) is 18.9 Å². The minimum Gasteiger partial charge on any atom is -0.465 e. The normalized spacial score (nSPS) is 19.8. The number of carbonyl (C=O) groups is 2. The number of aromatic nitrogens is 2. The molecule has 1 aromatic heterocycles. The van der Waals surface area contributed by atoms with Gasteiger partial charge < -0.3 is 20.1 Å². The van der Waals surface area contributed by atoms with Crippen LogP contribution in [0.5, 0.6) is 0 Å². The summed E-state index contributed by atoms with van der Waals surface area (Å²) in [6.45, 7) is 5.24. The molecule has 186 valence electrons. The van der Waals surface area contributed by atoms with Crippen molar-refractivity contribution in [3.63, 3.8) is 0 Å². The highest BCUT2D eigenvalue weighted by molar-refractivity contribution is 5.88. The van der Waals surface area contributed by atoms with Crippen molar-refractivity contribution in [3.8, 4) is 0 Å². The van der Waals surface area contributed by atoms with Gasteiger partial charge in [-0.25, -0.2) is 14.0 Å². The second-order valence-electron chi connectivity index (χ2n) is 9.11. The van der Waals surface area contributed by atoms with Crippen LogP contribution in [0.4, 0.5) is 19.8 Å². The van der Waals surface area contributed by atoms with Gasteiger partial charge in [-0.1, -0.05) is 18.2 Å². The molecule has 9 nitrogen and oxygen atoms in total. The highest BCUT2D eigenvalue weighted by Gasteiger charge is 2.38. The van der Waals surface area contributed by atoms with E-state index in [1.807, 2.05) is 19.1 Å². The summed E-state index contributed by atoms with van der Waals surface area (Å²) in [5.41, 5.74) is 0.643. The van der Waals surface area contributed by atoms with Crippen molar-refractivity contribution in [2.75, 3.05) is 31.6 Å². The van der Waals surface area contributed by atoms with E-state index in [-0.39, 0.29) is 17.4 Å². The van der Waals surface area contributed by atoms with E-state index >= 15 is 0 Å². The van der Waals surface area contributed by atoms with Crippen LogP contribution in [0.25, 0.3) is 0 Å². The van der Waals surface area contributed by atoms with E-state index < -0.39 is 6.09 Å². The Morgan fingerprint density at radius 1 is 1.26 bits per heavy atom. The number of halogens is 1. The number of anilines is 1. The van der Waals surface area contributed by atoms with E-state index in [9.17, 15) is 14.0 Å². The standard InChI is InChI=1S/C15H17FN4O.C5H9NO2.C4H8O/c16-13-4-2-1-3-12(13)9-11-6-8-20(10-11)15(21)18-14-5-7-17-19-14;1-5(2-3-5)6-4(7)8;1-2-4-5-3-1/h1-5,7,11H,6,8-10H2,(H2,17,18,19,21);6H,2-3H2,1H3,(H,7,8);1-4H2. The number of carbonyl (C=O) groups excluding carboxylic acids is 1. The smallest absolute Gasteiger partial charge is 0.405 e. The van der Waals surface area contributed by atoms with Gasteiger partial charge >= 0.3 is 12.1 Å².